The van der Waals surface area contributed by atoms with Crippen LogP contribution >= 0.6 is 11.8 Å². The first-order valence-corrected chi connectivity index (χ1v) is 20.0. The van der Waals surface area contributed by atoms with Gasteiger partial charge in [0.15, 0.2) is 5.84 Å². The van der Waals surface area contributed by atoms with Crippen molar-refractivity contribution in [3.8, 4) is 28.3 Å². The molecule has 5 heteroatoms. The van der Waals surface area contributed by atoms with Gasteiger partial charge in [-0.25, -0.2) is 9.98 Å². The minimum Gasteiger partial charge on any atom is -0.333 e. The first-order chi connectivity index (χ1) is 28.1. The minimum atomic E-state index is -0.528. The van der Waals surface area contributed by atoms with E-state index >= 15 is 0 Å². The van der Waals surface area contributed by atoms with Crippen LogP contribution in [-0.2, 0) is 5.41 Å². The Morgan fingerprint density at radius 2 is 1.14 bits per heavy atom. The van der Waals surface area contributed by atoms with E-state index in [0.717, 1.165) is 50.2 Å². The Hall–Kier alpha value is -7.00. The zero-order valence-electron chi connectivity index (χ0n) is 31.1. The number of hydrogen-bond donors (Lipinski definition) is 0. The third kappa shape index (κ3) is 5.08. The van der Waals surface area contributed by atoms with Crippen LogP contribution in [0.25, 0.3) is 33.0 Å². The molecule has 1 atom stereocenters. The van der Waals surface area contributed by atoms with Crippen molar-refractivity contribution >= 4 is 34.2 Å². The maximum atomic E-state index is 10.1. The van der Waals surface area contributed by atoms with Crippen LogP contribution in [0, 0.1) is 11.3 Å². The van der Waals surface area contributed by atoms with Crippen molar-refractivity contribution in [2.24, 2.45) is 9.98 Å². The lowest BCUT2D eigenvalue weighted by atomic mass is 9.67. The van der Waals surface area contributed by atoms with Crippen LogP contribution in [0.1, 0.15) is 50.7 Å². The average molecular weight is 747 g/mol. The fraction of sp³-hybridized carbons (Fsp3) is 0.0577. The number of aliphatic imine (C=N–C) groups is 2. The molecule has 4 nitrogen and oxygen atoms in total. The van der Waals surface area contributed by atoms with Gasteiger partial charge in [-0.15, -0.1) is 0 Å². The smallest absolute Gasteiger partial charge is 0.159 e. The van der Waals surface area contributed by atoms with Crippen molar-refractivity contribution in [2.45, 2.75) is 21.4 Å². The Morgan fingerprint density at radius 1 is 0.544 bits per heavy atom. The van der Waals surface area contributed by atoms with Gasteiger partial charge < -0.3 is 4.90 Å². The highest BCUT2D eigenvalue weighted by Gasteiger charge is 2.50. The number of rotatable bonds is 4. The molecule has 1 aliphatic carbocycles. The van der Waals surface area contributed by atoms with Crippen molar-refractivity contribution in [1.29, 1.82) is 5.26 Å². The molecular formula is C52H34N4S. The van der Waals surface area contributed by atoms with Crippen molar-refractivity contribution in [1.82, 2.24) is 4.90 Å². The SMILES string of the molecule is CN1C(c2ccc3c(c2)-c2cc(-c4ccccc4C#N)ccc2C32c3ccccc3Sc3ccccc32)=NC(c2ccc3ccccc3c2)=NC1c1ccccc1. The van der Waals surface area contributed by atoms with Gasteiger partial charge in [0.05, 0.1) is 17.0 Å². The largest absolute Gasteiger partial charge is 0.333 e. The highest BCUT2D eigenvalue weighted by atomic mass is 32.2. The molecule has 1 unspecified atom stereocenters. The molecule has 0 saturated carbocycles. The van der Waals surface area contributed by atoms with Crippen LogP contribution in [0.4, 0.5) is 0 Å². The van der Waals surface area contributed by atoms with E-state index in [4.69, 9.17) is 9.98 Å². The van der Waals surface area contributed by atoms with Crippen molar-refractivity contribution in [3.05, 3.63) is 226 Å². The number of amidine groups is 2. The van der Waals surface area contributed by atoms with E-state index in [1.165, 1.54) is 37.4 Å². The lowest BCUT2D eigenvalue weighted by Gasteiger charge is -2.39. The Labute approximate surface area is 336 Å². The molecule has 0 fully saturated rings. The van der Waals surface area contributed by atoms with Gasteiger partial charge >= 0.3 is 0 Å². The van der Waals surface area contributed by atoms with Crippen molar-refractivity contribution in [3.63, 3.8) is 0 Å². The fourth-order valence-electron chi connectivity index (χ4n) is 9.23. The van der Waals surface area contributed by atoms with Crippen LogP contribution in [0.3, 0.4) is 0 Å². The first kappa shape index (κ1) is 33.3. The number of benzene rings is 8. The van der Waals surface area contributed by atoms with Gasteiger partial charge in [0.2, 0.25) is 0 Å². The molecule has 0 radical (unpaired) electrons. The van der Waals surface area contributed by atoms with Gasteiger partial charge in [-0.3, -0.25) is 0 Å². The molecule has 2 aliphatic heterocycles. The zero-order chi connectivity index (χ0) is 38.1. The zero-order valence-corrected chi connectivity index (χ0v) is 31.9. The van der Waals surface area contributed by atoms with Gasteiger partial charge in [-0.05, 0) is 97.2 Å². The summed E-state index contributed by atoms with van der Waals surface area (Å²) < 4.78 is 0. The standard InChI is InChI=1S/C52H34N4S/c1-56-50(34-14-3-2-4-15-34)54-49(37-24-23-33-13-5-6-16-35(33)29-37)55-51(56)38-26-28-44-42(31-38)41-30-36(40-18-8-7-17-39(40)32-53)25-27-43(41)52(44)45-19-9-11-21-47(45)57-48-22-12-10-20-46(48)52/h2-31,50H,1H3. The third-order valence-electron chi connectivity index (χ3n) is 11.8. The van der Waals surface area contributed by atoms with E-state index in [-0.39, 0.29) is 6.17 Å². The Balaban J connectivity index is 1.16. The second-order valence-corrected chi connectivity index (χ2v) is 16.0. The molecule has 268 valence electrons. The number of fused-ring (bicyclic) bond motifs is 10. The lowest BCUT2D eigenvalue weighted by molar-refractivity contribution is 0.383. The molecule has 3 aliphatic rings. The second-order valence-electron chi connectivity index (χ2n) is 14.9. The van der Waals surface area contributed by atoms with E-state index < -0.39 is 5.41 Å². The maximum Gasteiger partial charge on any atom is 0.159 e. The molecular weight excluding hydrogens is 713 g/mol. The van der Waals surface area contributed by atoms with Crippen molar-refractivity contribution in [2.75, 3.05) is 7.05 Å². The molecule has 0 saturated heterocycles. The summed E-state index contributed by atoms with van der Waals surface area (Å²) in [7, 11) is 2.10. The summed E-state index contributed by atoms with van der Waals surface area (Å²) in [5, 5.41) is 12.5. The summed E-state index contributed by atoms with van der Waals surface area (Å²) >= 11 is 1.85. The number of hydrogen-bond acceptors (Lipinski definition) is 5. The van der Waals surface area contributed by atoms with Crippen LogP contribution < -0.4 is 0 Å². The summed E-state index contributed by atoms with van der Waals surface area (Å²) in [6.45, 7) is 0. The van der Waals surface area contributed by atoms with Crippen LogP contribution in [0.5, 0.6) is 0 Å². The van der Waals surface area contributed by atoms with E-state index in [1.807, 2.05) is 42.1 Å². The molecule has 0 N–H and O–H groups in total. The summed E-state index contributed by atoms with van der Waals surface area (Å²) in [6.07, 6.45) is -0.268. The maximum absolute atomic E-state index is 10.1. The average Bonchev–Trinajstić information content (AvgIpc) is 3.55. The predicted molar refractivity (Wildman–Crippen MR) is 232 cm³/mol. The Bertz CT molecular complexity index is 3000. The molecule has 2 heterocycles. The number of nitriles is 1. The third-order valence-corrected chi connectivity index (χ3v) is 13.0. The fourth-order valence-corrected chi connectivity index (χ4v) is 10.4. The quantitative estimate of drug-likeness (QED) is 0.180. The van der Waals surface area contributed by atoms with Crippen LogP contribution in [-0.4, -0.2) is 23.6 Å². The highest BCUT2D eigenvalue weighted by molar-refractivity contribution is 7.99. The van der Waals surface area contributed by atoms with Gasteiger partial charge in [-0.1, -0.05) is 157 Å². The first-order valence-electron chi connectivity index (χ1n) is 19.2. The van der Waals surface area contributed by atoms with E-state index in [1.54, 1.807) is 0 Å². The lowest BCUT2D eigenvalue weighted by Crippen LogP contribution is -2.36. The topological polar surface area (TPSA) is 51.8 Å². The minimum absolute atomic E-state index is 0.268. The molecule has 0 bridgehead atoms. The molecule has 0 aromatic heterocycles. The molecule has 0 amide bonds. The summed E-state index contributed by atoms with van der Waals surface area (Å²) in [5.41, 5.74) is 12.6. The van der Waals surface area contributed by atoms with Crippen LogP contribution in [0.2, 0.25) is 0 Å². The number of nitrogens with zero attached hydrogens (tertiary/aromatic N) is 4. The van der Waals surface area contributed by atoms with Gasteiger partial charge in [0.1, 0.15) is 12.0 Å². The van der Waals surface area contributed by atoms with Gasteiger partial charge in [-0.2, -0.15) is 5.26 Å². The van der Waals surface area contributed by atoms with E-state index in [9.17, 15) is 5.26 Å². The Kier molecular flexibility index (Phi) is 7.64. The van der Waals surface area contributed by atoms with Gasteiger partial charge in [0.25, 0.3) is 0 Å². The second kappa shape index (κ2) is 13.1. The summed E-state index contributed by atoms with van der Waals surface area (Å²) in [5.74, 6) is 1.57. The molecule has 1 spiro atoms. The van der Waals surface area contributed by atoms with E-state index in [0.29, 0.717) is 11.4 Å². The van der Waals surface area contributed by atoms with Gasteiger partial charge in [0, 0.05) is 28.0 Å². The molecule has 11 rings (SSSR count). The van der Waals surface area contributed by atoms with Crippen molar-refractivity contribution < 1.29 is 0 Å². The Morgan fingerprint density at radius 3 is 1.88 bits per heavy atom. The molecule has 57 heavy (non-hydrogen) atoms. The molecule has 8 aromatic carbocycles. The predicted octanol–water partition coefficient (Wildman–Crippen LogP) is 12.0. The molecule has 8 aromatic rings. The summed E-state index contributed by atoms with van der Waals surface area (Å²) in [4.78, 5) is 15.4. The normalized spacial score (nSPS) is 15.9. The highest BCUT2D eigenvalue weighted by Crippen LogP contribution is 2.62. The summed E-state index contributed by atoms with van der Waals surface area (Å²) in [6, 6.07) is 67.2. The van der Waals surface area contributed by atoms with Crippen LogP contribution in [0.15, 0.2) is 202 Å². The van der Waals surface area contributed by atoms with E-state index in [2.05, 4.69) is 170 Å². The monoisotopic (exact) mass is 746 g/mol.